The Bertz CT molecular complexity index is 617. The summed E-state index contributed by atoms with van der Waals surface area (Å²) in [5, 5.41) is 0. The number of nitrogens with one attached hydrogen (secondary N) is 2. The molecule has 2 N–H and O–H groups in total. The van der Waals surface area contributed by atoms with Crippen molar-refractivity contribution in [1.29, 1.82) is 0 Å². The molecule has 6 heteroatoms. The van der Waals surface area contributed by atoms with E-state index in [9.17, 15) is 0 Å². The quantitative estimate of drug-likeness (QED) is 0.841. The van der Waals surface area contributed by atoms with Crippen LogP contribution >= 0.6 is 24.4 Å². The highest BCUT2D eigenvalue weighted by Gasteiger charge is 2.05. The number of aromatic nitrogens is 3. The summed E-state index contributed by atoms with van der Waals surface area (Å²) in [5.74, 6) is 0.586. The number of H-pyrrole nitrogens is 2. The van der Waals surface area contributed by atoms with E-state index in [0.29, 0.717) is 22.0 Å². The Morgan fingerprint density at radius 1 is 1.22 bits per heavy atom. The van der Waals surface area contributed by atoms with E-state index in [1.165, 1.54) is 0 Å². The van der Waals surface area contributed by atoms with E-state index in [0.717, 1.165) is 5.56 Å². The Balaban J connectivity index is 2.31. The van der Waals surface area contributed by atoms with Crippen molar-refractivity contribution in [1.82, 2.24) is 15.0 Å². The van der Waals surface area contributed by atoms with Gasteiger partial charge in [0.05, 0.1) is 6.54 Å². The third kappa shape index (κ3) is 3.12. The van der Waals surface area contributed by atoms with Crippen LogP contribution in [-0.2, 0) is 6.54 Å². The molecule has 18 heavy (non-hydrogen) atoms. The fourth-order valence-electron chi connectivity index (χ4n) is 1.52. The van der Waals surface area contributed by atoms with Crippen LogP contribution in [0.3, 0.4) is 0 Å². The zero-order chi connectivity index (χ0) is 13.0. The van der Waals surface area contributed by atoms with Crippen molar-refractivity contribution in [2.24, 2.45) is 0 Å². The molecule has 1 aromatic heterocycles. The van der Waals surface area contributed by atoms with Gasteiger partial charge >= 0.3 is 0 Å². The first-order valence-corrected chi connectivity index (χ1v) is 6.14. The lowest BCUT2D eigenvalue weighted by molar-refractivity contribution is 0.874. The van der Waals surface area contributed by atoms with Crippen LogP contribution in [0, 0.1) is 9.54 Å². The molecule has 0 atom stereocenters. The Morgan fingerprint density at radius 3 is 2.56 bits per heavy atom. The van der Waals surface area contributed by atoms with Gasteiger partial charge in [-0.15, -0.1) is 0 Å². The van der Waals surface area contributed by atoms with Crippen LogP contribution in [0.25, 0.3) is 0 Å². The highest BCUT2D eigenvalue weighted by molar-refractivity contribution is 7.71. The average Bonchev–Trinajstić information content (AvgIpc) is 2.36. The number of hydrogen-bond donors (Lipinski definition) is 2. The summed E-state index contributed by atoms with van der Waals surface area (Å²) in [6, 6.07) is 10.0. The summed E-state index contributed by atoms with van der Waals surface area (Å²) in [5.41, 5.74) is 1.15. The van der Waals surface area contributed by atoms with Crippen LogP contribution in [0.1, 0.15) is 5.56 Å². The van der Waals surface area contributed by atoms with Gasteiger partial charge in [-0.1, -0.05) is 36.9 Å². The monoisotopic (exact) mass is 276 g/mol. The zero-order valence-electron chi connectivity index (χ0n) is 9.59. The highest BCUT2D eigenvalue weighted by atomic mass is 32.1. The lowest BCUT2D eigenvalue weighted by Crippen LogP contribution is -2.18. The fourth-order valence-corrected chi connectivity index (χ4v) is 1.97. The van der Waals surface area contributed by atoms with Crippen LogP contribution < -0.4 is 4.90 Å². The molecule has 1 heterocycles. The van der Waals surface area contributed by atoms with Crippen molar-refractivity contribution in [3.8, 4) is 0 Å². The normalized spacial score (nSPS) is 10.0. The molecule has 0 saturated carbocycles. The number of nitrogens with zero attached hydrogens (tertiary/aromatic N) is 2. The molecule has 0 spiro atoms. The average molecular weight is 276 g/mol. The molecular formula is C12H12N4S2. The smallest absolute Gasteiger partial charge is 0.212 e. The van der Waals surface area contributed by atoms with Crippen LogP contribution in [-0.4, -0.2) is 15.0 Å². The van der Waals surface area contributed by atoms with Gasteiger partial charge < -0.3 is 14.9 Å². The Morgan fingerprint density at radius 2 is 1.94 bits per heavy atom. The molecule has 0 fully saturated rings. The minimum absolute atomic E-state index is 0.355. The number of aromatic amines is 2. The SMILES string of the molecule is C=CN(Cc1ccccc1)c1nc(=S)[nH]c(=S)[nH]1. The van der Waals surface area contributed by atoms with Crippen molar-refractivity contribution in [2.45, 2.75) is 6.54 Å². The third-order valence-corrected chi connectivity index (χ3v) is 2.74. The Labute approximate surface area is 115 Å². The first kappa shape index (κ1) is 12.7. The molecule has 0 saturated heterocycles. The predicted octanol–water partition coefficient (Wildman–Crippen LogP) is 3.35. The molecule has 2 aromatic rings. The minimum atomic E-state index is 0.355. The number of rotatable bonds is 4. The lowest BCUT2D eigenvalue weighted by atomic mass is 10.2. The maximum absolute atomic E-state index is 5.04. The molecule has 0 bridgehead atoms. The Hall–Kier alpha value is -1.79. The van der Waals surface area contributed by atoms with Crippen molar-refractivity contribution >= 4 is 30.4 Å². The largest absolute Gasteiger partial charge is 0.315 e. The highest BCUT2D eigenvalue weighted by Crippen LogP contribution is 2.11. The number of hydrogen-bond acceptors (Lipinski definition) is 4. The molecule has 0 unspecified atom stereocenters. The van der Waals surface area contributed by atoms with Gasteiger partial charge in [0.2, 0.25) is 10.7 Å². The first-order valence-electron chi connectivity index (χ1n) is 5.33. The molecule has 1 aromatic carbocycles. The molecule has 0 amide bonds. The van der Waals surface area contributed by atoms with Gasteiger partial charge in [-0.2, -0.15) is 4.98 Å². The topological polar surface area (TPSA) is 47.7 Å². The van der Waals surface area contributed by atoms with Crippen molar-refractivity contribution < 1.29 is 0 Å². The molecule has 92 valence electrons. The summed E-state index contributed by atoms with van der Waals surface area (Å²) in [4.78, 5) is 11.8. The molecule has 2 rings (SSSR count). The fraction of sp³-hybridized carbons (Fsp3) is 0.0833. The minimum Gasteiger partial charge on any atom is -0.315 e. The maximum Gasteiger partial charge on any atom is 0.212 e. The van der Waals surface area contributed by atoms with Crippen LogP contribution in [0.2, 0.25) is 0 Å². The van der Waals surface area contributed by atoms with Gasteiger partial charge in [-0.05, 0) is 30.0 Å². The van der Waals surface area contributed by atoms with Crippen LogP contribution in [0.4, 0.5) is 5.95 Å². The zero-order valence-corrected chi connectivity index (χ0v) is 11.2. The van der Waals surface area contributed by atoms with Gasteiger partial charge in [0, 0.05) is 6.20 Å². The van der Waals surface area contributed by atoms with Gasteiger partial charge in [-0.25, -0.2) is 0 Å². The van der Waals surface area contributed by atoms with Gasteiger partial charge in [0.15, 0.2) is 4.77 Å². The van der Waals surface area contributed by atoms with Crippen molar-refractivity contribution in [3.05, 3.63) is 58.2 Å². The molecule has 0 aliphatic heterocycles. The van der Waals surface area contributed by atoms with E-state index in [2.05, 4.69) is 21.5 Å². The predicted molar refractivity (Wildman–Crippen MR) is 77.4 cm³/mol. The first-order chi connectivity index (χ1) is 8.69. The standard InChI is InChI=1S/C12H12N4S2/c1-2-16(8-9-6-4-3-5-7-9)10-13-11(17)15-12(18)14-10/h2-7H,1,8H2,(H2,13,14,15,17,18). The molecular weight excluding hydrogens is 264 g/mol. The Kier molecular flexibility index (Phi) is 4.01. The van der Waals surface area contributed by atoms with E-state index < -0.39 is 0 Å². The molecule has 0 aliphatic rings. The summed E-state index contributed by atoms with van der Waals surface area (Å²) >= 11 is 10.0. The summed E-state index contributed by atoms with van der Waals surface area (Å²) < 4.78 is 0.804. The second kappa shape index (κ2) is 5.70. The number of benzene rings is 1. The number of anilines is 1. The van der Waals surface area contributed by atoms with Gasteiger partial charge in [0.25, 0.3) is 0 Å². The molecule has 0 aliphatic carbocycles. The van der Waals surface area contributed by atoms with E-state index in [4.69, 9.17) is 24.4 Å². The summed E-state index contributed by atoms with van der Waals surface area (Å²) in [7, 11) is 0. The second-order valence-electron chi connectivity index (χ2n) is 3.62. The summed E-state index contributed by atoms with van der Waals surface area (Å²) in [6.07, 6.45) is 1.69. The van der Waals surface area contributed by atoms with Crippen molar-refractivity contribution in [2.75, 3.05) is 4.90 Å². The van der Waals surface area contributed by atoms with Gasteiger partial charge in [0.1, 0.15) is 0 Å². The van der Waals surface area contributed by atoms with Crippen LogP contribution in [0.15, 0.2) is 43.1 Å². The molecule has 4 nitrogen and oxygen atoms in total. The van der Waals surface area contributed by atoms with E-state index in [1.807, 2.05) is 35.2 Å². The lowest BCUT2D eigenvalue weighted by Gasteiger charge is -2.18. The maximum atomic E-state index is 5.04. The van der Waals surface area contributed by atoms with Crippen molar-refractivity contribution in [3.63, 3.8) is 0 Å². The van der Waals surface area contributed by atoms with E-state index in [1.54, 1.807) is 6.20 Å². The summed E-state index contributed by atoms with van der Waals surface area (Å²) in [6.45, 7) is 4.43. The van der Waals surface area contributed by atoms with Gasteiger partial charge in [-0.3, -0.25) is 0 Å². The van der Waals surface area contributed by atoms with Crippen LogP contribution in [0.5, 0.6) is 0 Å². The second-order valence-corrected chi connectivity index (χ2v) is 4.41. The molecule has 0 radical (unpaired) electrons. The third-order valence-electron chi connectivity index (χ3n) is 2.34. The van der Waals surface area contributed by atoms with E-state index >= 15 is 0 Å². The van der Waals surface area contributed by atoms with E-state index in [-0.39, 0.29) is 0 Å².